The summed E-state index contributed by atoms with van der Waals surface area (Å²) in [7, 11) is 0. The summed E-state index contributed by atoms with van der Waals surface area (Å²) in [5, 5.41) is 9.05. The van der Waals surface area contributed by atoms with Gasteiger partial charge in [-0.1, -0.05) is 12.1 Å². The minimum Gasteiger partial charge on any atom is -0.478 e. The smallest absolute Gasteiger partial charge is 0.337 e. The summed E-state index contributed by atoms with van der Waals surface area (Å²) in [4.78, 5) is 13.9. The third-order valence-corrected chi connectivity index (χ3v) is 4.83. The van der Waals surface area contributed by atoms with Crippen LogP contribution in [0.1, 0.15) is 15.9 Å². The molecule has 7 heteroatoms. The number of H-pyrrole nitrogens is 1. The molecule has 3 heterocycles. The number of rotatable bonds is 2. The molecule has 0 atom stereocenters. The molecule has 1 fully saturated rings. The van der Waals surface area contributed by atoms with E-state index in [-0.39, 0.29) is 22.0 Å². The molecule has 2 aliphatic rings. The lowest BCUT2D eigenvalue weighted by Gasteiger charge is -2.49. The normalized spacial score (nSPS) is 16.9. The van der Waals surface area contributed by atoms with E-state index in [0.717, 1.165) is 17.8 Å². The van der Waals surface area contributed by atoms with Crippen molar-refractivity contribution in [2.24, 2.45) is 0 Å². The van der Waals surface area contributed by atoms with E-state index in [1.807, 2.05) is 0 Å². The highest BCUT2D eigenvalue weighted by atomic mass is 19.1. The standard InChI is InChI=1S/C18H11F2NO4/c19-11-4-12-15(9(5-21-12)17(22)23)16(20)14(11)8-1-2-10-13(3-8)25-18(10)6-24-7-18/h1-5,21H,6-7H2,(H,22,23). The average Bonchev–Trinajstić information content (AvgIpc) is 2.91. The van der Waals surface area contributed by atoms with E-state index in [4.69, 9.17) is 9.47 Å². The van der Waals surface area contributed by atoms with Gasteiger partial charge in [0.2, 0.25) is 0 Å². The predicted octanol–water partition coefficient (Wildman–Crippen LogP) is 3.43. The lowest BCUT2D eigenvalue weighted by Crippen LogP contribution is -2.56. The maximum atomic E-state index is 15.0. The minimum absolute atomic E-state index is 0.0990. The Morgan fingerprint density at radius 3 is 2.68 bits per heavy atom. The van der Waals surface area contributed by atoms with Gasteiger partial charge in [-0.15, -0.1) is 0 Å². The molecule has 2 N–H and O–H groups in total. The maximum Gasteiger partial charge on any atom is 0.337 e. The van der Waals surface area contributed by atoms with Gasteiger partial charge in [-0.25, -0.2) is 13.6 Å². The number of carboxylic acid groups (broad SMARTS) is 1. The van der Waals surface area contributed by atoms with Crippen LogP contribution >= 0.6 is 0 Å². The van der Waals surface area contributed by atoms with Crippen LogP contribution in [0.25, 0.3) is 22.0 Å². The number of hydrogen-bond donors (Lipinski definition) is 2. The van der Waals surface area contributed by atoms with Crippen molar-refractivity contribution in [1.82, 2.24) is 4.98 Å². The highest BCUT2D eigenvalue weighted by Gasteiger charge is 2.52. The van der Waals surface area contributed by atoms with Crippen molar-refractivity contribution in [3.05, 3.63) is 53.2 Å². The number of halogens is 2. The Morgan fingerprint density at radius 1 is 1.24 bits per heavy atom. The predicted molar refractivity (Wildman–Crippen MR) is 83.7 cm³/mol. The Morgan fingerprint density at radius 2 is 2.04 bits per heavy atom. The largest absolute Gasteiger partial charge is 0.478 e. The van der Waals surface area contributed by atoms with Crippen LogP contribution in [0.4, 0.5) is 8.78 Å². The zero-order chi connectivity index (χ0) is 17.3. The Labute approximate surface area is 139 Å². The maximum absolute atomic E-state index is 15.0. The first-order chi connectivity index (χ1) is 12.0. The highest BCUT2D eigenvalue weighted by molar-refractivity contribution is 6.04. The van der Waals surface area contributed by atoms with E-state index >= 15 is 0 Å². The lowest BCUT2D eigenvalue weighted by molar-refractivity contribution is -0.193. The van der Waals surface area contributed by atoms with Gasteiger partial charge in [0.25, 0.3) is 0 Å². The Hall–Kier alpha value is -2.93. The van der Waals surface area contributed by atoms with Gasteiger partial charge in [0, 0.05) is 11.8 Å². The Balaban J connectivity index is 1.69. The van der Waals surface area contributed by atoms with Crippen molar-refractivity contribution in [1.29, 1.82) is 0 Å². The summed E-state index contributed by atoms with van der Waals surface area (Å²) in [6, 6.07) is 6.05. The van der Waals surface area contributed by atoms with Gasteiger partial charge >= 0.3 is 5.97 Å². The quantitative estimate of drug-likeness (QED) is 0.748. The number of aromatic amines is 1. The number of benzene rings is 2. The van der Waals surface area contributed by atoms with Crippen LogP contribution in [0.15, 0.2) is 30.5 Å². The zero-order valence-corrected chi connectivity index (χ0v) is 12.7. The Bertz CT molecular complexity index is 1070. The number of aromatic nitrogens is 1. The Kier molecular flexibility index (Phi) is 2.64. The summed E-state index contributed by atoms with van der Waals surface area (Å²) in [5.41, 5.74) is 0.431. The second kappa shape index (κ2) is 4.58. The van der Waals surface area contributed by atoms with Crippen molar-refractivity contribution < 1.29 is 28.2 Å². The van der Waals surface area contributed by atoms with E-state index in [2.05, 4.69) is 4.98 Å². The van der Waals surface area contributed by atoms with Gasteiger partial charge in [0.05, 0.1) is 35.2 Å². The molecule has 0 radical (unpaired) electrons. The van der Waals surface area contributed by atoms with Gasteiger partial charge in [-0.05, 0) is 17.7 Å². The SMILES string of the molecule is O=C(O)c1c[nH]c2cc(F)c(-c3ccc4c(c3)OC43COC3)c(F)c12. The molecule has 0 aliphatic carbocycles. The fourth-order valence-corrected chi connectivity index (χ4v) is 3.51. The number of hydrogen-bond acceptors (Lipinski definition) is 3. The molecule has 2 aromatic carbocycles. The van der Waals surface area contributed by atoms with E-state index in [9.17, 15) is 18.7 Å². The molecule has 3 aromatic rings. The van der Waals surface area contributed by atoms with Gasteiger partial charge < -0.3 is 19.6 Å². The van der Waals surface area contributed by atoms with Crippen molar-refractivity contribution in [2.45, 2.75) is 5.60 Å². The van der Waals surface area contributed by atoms with Crippen LogP contribution in [-0.4, -0.2) is 29.3 Å². The summed E-state index contributed by atoms with van der Waals surface area (Å²) >= 11 is 0. The molecular weight excluding hydrogens is 332 g/mol. The monoisotopic (exact) mass is 343 g/mol. The zero-order valence-electron chi connectivity index (χ0n) is 12.7. The molecule has 1 spiro atoms. The molecule has 0 bridgehead atoms. The number of ether oxygens (including phenoxy) is 2. The second-order valence-electron chi connectivity index (χ2n) is 6.28. The van der Waals surface area contributed by atoms with Gasteiger partial charge in [-0.3, -0.25) is 0 Å². The van der Waals surface area contributed by atoms with E-state index in [1.165, 1.54) is 0 Å². The van der Waals surface area contributed by atoms with Crippen LogP contribution in [0, 0.1) is 11.6 Å². The van der Waals surface area contributed by atoms with Crippen molar-refractivity contribution in [2.75, 3.05) is 13.2 Å². The number of carboxylic acids is 1. The van der Waals surface area contributed by atoms with Crippen LogP contribution in [0.2, 0.25) is 0 Å². The van der Waals surface area contributed by atoms with Crippen LogP contribution in [0.5, 0.6) is 5.75 Å². The minimum atomic E-state index is -1.28. The molecule has 0 unspecified atom stereocenters. The fraction of sp³-hybridized carbons (Fsp3) is 0.167. The third kappa shape index (κ3) is 1.76. The first-order valence-corrected chi connectivity index (χ1v) is 7.64. The van der Waals surface area contributed by atoms with E-state index in [0.29, 0.717) is 24.5 Å². The first kappa shape index (κ1) is 14.4. The van der Waals surface area contributed by atoms with E-state index in [1.54, 1.807) is 18.2 Å². The highest BCUT2D eigenvalue weighted by Crippen LogP contribution is 2.50. The third-order valence-electron chi connectivity index (χ3n) is 4.83. The van der Waals surface area contributed by atoms with E-state index < -0.39 is 23.2 Å². The van der Waals surface area contributed by atoms with Crippen LogP contribution in [0.3, 0.4) is 0 Å². The molecule has 1 aromatic heterocycles. The number of nitrogens with one attached hydrogen (secondary N) is 1. The first-order valence-electron chi connectivity index (χ1n) is 7.64. The summed E-state index contributed by atoms with van der Waals surface area (Å²) in [6.07, 6.45) is 1.15. The number of fused-ring (bicyclic) bond motifs is 3. The van der Waals surface area contributed by atoms with Crippen molar-refractivity contribution >= 4 is 16.9 Å². The summed E-state index contributed by atoms with van der Waals surface area (Å²) in [6.45, 7) is 0.943. The molecule has 5 rings (SSSR count). The van der Waals surface area contributed by atoms with Crippen molar-refractivity contribution in [3.63, 3.8) is 0 Å². The van der Waals surface area contributed by atoms with Gasteiger partial charge in [-0.2, -0.15) is 0 Å². The van der Waals surface area contributed by atoms with Crippen LogP contribution in [-0.2, 0) is 10.3 Å². The molecule has 1 saturated heterocycles. The van der Waals surface area contributed by atoms with Crippen LogP contribution < -0.4 is 4.74 Å². The number of carbonyl (C=O) groups is 1. The molecule has 0 amide bonds. The summed E-state index contributed by atoms with van der Waals surface area (Å²) in [5.74, 6) is -2.40. The van der Waals surface area contributed by atoms with Gasteiger partial charge in [0.1, 0.15) is 17.4 Å². The summed E-state index contributed by atoms with van der Waals surface area (Å²) < 4.78 is 40.3. The van der Waals surface area contributed by atoms with Gasteiger partial charge in [0.15, 0.2) is 5.60 Å². The number of aromatic carboxylic acids is 1. The fourth-order valence-electron chi connectivity index (χ4n) is 3.51. The second-order valence-corrected chi connectivity index (χ2v) is 6.28. The lowest BCUT2D eigenvalue weighted by atomic mass is 9.84. The molecule has 2 aliphatic heterocycles. The molecular formula is C18H11F2NO4. The topological polar surface area (TPSA) is 71.5 Å². The van der Waals surface area contributed by atoms with Crippen molar-refractivity contribution in [3.8, 4) is 16.9 Å². The average molecular weight is 343 g/mol. The molecule has 0 saturated carbocycles. The molecule has 25 heavy (non-hydrogen) atoms. The molecule has 5 nitrogen and oxygen atoms in total. The molecule has 126 valence electrons.